The van der Waals surface area contributed by atoms with Gasteiger partial charge in [-0.05, 0) is 60.4 Å². The summed E-state index contributed by atoms with van der Waals surface area (Å²) in [5.74, 6) is 5.41. The van der Waals surface area contributed by atoms with E-state index < -0.39 is 8.32 Å². The van der Waals surface area contributed by atoms with E-state index in [1.54, 1.807) is 6.07 Å². The van der Waals surface area contributed by atoms with Gasteiger partial charge in [0.1, 0.15) is 5.75 Å². The summed E-state index contributed by atoms with van der Waals surface area (Å²) in [5.41, 5.74) is 2.61. The average molecular weight is 350 g/mol. The summed E-state index contributed by atoms with van der Waals surface area (Å²) >= 11 is 2.14. The van der Waals surface area contributed by atoms with E-state index in [4.69, 9.17) is 10.3 Å². The number of nitrogens with two attached hydrogens (primary N) is 1. The third-order valence-electron chi connectivity index (χ3n) is 1.73. The van der Waals surface area contributed by atoms with Gasteiger partial charge in [-0.1, -0.05) is 0 Å². The van der Waals surface area contributed by atoms with Crippen molar-refractivity contribution in [2.24, 2.45) is 5.84 Å². The Labute approximate surface area is 110 Å². The van der Waals surface area contributed by atoms with Crippen molar-refractivity contribution >= 4 is 36.8 Å². The van der Waals surface area contributed by atoms with E-state index in [9.17, 15) is 4.79 Å². The molecular weight excluding hydrogens is 335 g/mol. The lowest BCUT2D eigenvalue weighted by molar-refractivity contribution is 0.0952. The third-order valence-corrected chi connectivity index (χ3v) is 3.24. The van der Waals surface area contributed by atoms with Gasteiger partial charge in [0, 0.05) is 3.57 Å². The Kier molecular flexibility index (Phi) is 4.33. The van der Waals surface area contributed by atoms with E-state index in [2.05, 4.69) is 47.7 Å². The highest BCUT2D eigenvalue weighted by Crippen LogP contribution is 2.24. The van der Waals surface area contributed by atoms with E-state index in [0.29, 0.717) is 11.3 Å². The van der Waals surface area contributed by atoms with Crippen LogP contribution in [0.15, 0.2) is 18.2 Å². The molecule has 0 aromatic heterocycles. The van der Waals surface area contributed by atoms with Crippen molar-refractivity contribution in [2.45, 2.75) is 19.6 Å². The Balaban J connectivity index is 3.13. The Bertz CT molecular complexity index is 404. The van der Waals surface area contributed by atoms with Crippen LogP contribution < -0.4 is 15.7 Å². The monoisotopic (exact) mass is 350 g/mol. The second kappa shape index (κ2) is 5.15. The Hall–Kier alpha value is -0.603. The van der Waals surface area contributed by atoms with Gasteiger partial charge in [-0.2, -0.15) is 0 Å². The quantitative estimate of drug-likeness (QED) is 0.289. The van der Waals surface area contributed by atoms with Crippen molar-refractivity contribution in [2.75, 3.05) is 0 Å². The fourth-order valence-electron chi connectivity index (χ4n) is 1.18. The van der Waals surface area contributed by atoms with Gasteiger partial charge < -0.3 is 4.43 Å². The number of hydrazine groups is 1. The molecule has 0 aliphatic rings. The summed E-state index contributed by atoms with van der Waals surface area (Å²) in [4.78, 5) is 11.6. The SMILES string of the molecule is C[Si](C)(C)Oc1ccc(I)cc1C(=O)NN. The molecule has 4 nitrogen and oxygen atoms in total. The molecule has 0 atom stereocenters. The van der Waals surface area contributed by atoms with Gasteiger partial charge in [0.15, 0.2) is 0 Å². The third kappa shape index (κ3) is 3.76. The minimum Gasteiger partial charge on any atom is -0.544 e. The molecule has 1 aromatic carbocycles. The maximum atomic E-state index is 11.6. The Morgan fingerprint density at radius 1 is 1.44 bits per heavy atom. The molecule has 16 heavy (non-hydrogen) atoms. The minimum atomic E-state index is -1.73. The number of carbonyl (C=O) groups is 1. The van der Waals surface area contributed by atoms with Crippen molar-refractivity contribution in [1.29, 1.82) is 0 Å². The van der Waals surface area contributed by atoms with Gasteiger partial charge in [0.05, 0.1) is 5.56 Å². The number of nitrogens with one attached hydrogen (secondary N) is 1. The van der Waals surface area contributed by atoms with Crippen LogP contribution in [0.3, 0.4) is 0 Å². The second-order valence-corrected chi connectivity index (χ2v) is 10.0. The van der Waals surface area contributed by atoms with Crippen LogP contribution in [0, 0.1) is 3.57 Å². The highest BCUT2D eigenvalue weighted by molar-refractivity contribution is 14.1. The highest BCUT2D eigenvalue weighted by Gasteiger charge is 2.20. The van der Waals surface area contributed by atoms with Gasteiger partial charge >= 0.3 is 0 Å². The summed E-state index contributed by atoms with van der Waals surface area (Å²) in [7, 11) is -1.73. The fourth-order valence-corrected chi connectivity index (χ4v) is 2.51. The van der Waals surface area contributed by atoms with Crippen LogP contribution in [0.1, 0.15) is 10.4 Å². The molecule has 0 heterocycles. The topological polar surface area (TPSA) is 64.3 Å². The molecule has 0 fully saturated rings. The van der Waals surface area contributed by atoms with Gasteiger partial charge in [0.25, 0.3) is 5.91 Å². The lowest BCUT2D eigenvalue weighted by atomic mass is 10.2. The number of benzene rings is 1. The molecule has 88 valence electrons. The summed E-state index contributed by atoms with van der Waals surface area (Å²) < 4.78 is 6.80. The first kappa shape index (κ1) is 13.5. The second-order valence-electron chi connectivity index (χ2n) is 4.33. The molecule has 1 amide bonds. The number of amides is 1. The van der Waals surface area contributed by atoms with Crippen molar-refractivity contribution in [3.8, 4) is 5.75 Å². The number of hydrogen-bond donors (Lipinski definition) is 2. The van der Waals surface area contributed by atoms with Crippen LogP contribution in [-0.2, 0) is 0 Å². The molecule has 0 spiro atoms. The molecule has 0 aliphatic carbocycles. The normalized spacial score (nSPS) is 11.1. The van der Waals surface area contributed by atoms with Crippen molar-refractivity contribution in [1.82, 2.24) is 5.43 Å². The molecule has 6 heteroatoms. The maximum absolute atomic E-state index is 11.6. The van der Waals surface area contributed by atoms with Crippen LogP contribution >= 0.6 is 22.6 Å². The minimum absolute atomic E-state index is 0.327. The zero-order valence-corrected chi connectivity index (χ0v) is 12.7. The lowest BCUT2D eigenvalue weighted by Crippen LogP contribution is -2.33. The van der Waals surface area contributed by atoms with E-state index in [-0.39, 0.29) is 5.91 Å². The Morgan fingerprint density at radius 3 is 2.56 bits per heavy atom. The lowest BCUT2D eigenvalue weighted by Gasteiger charge is -2.21. The number of hydrogen-bond acceptors (Lipinski definition) is 3. The fraction of sp³-hybridized carbons (Fsp3) is 0.300. The Morgan fingerprint density at radius 2 is 2.06 bits per heavy atom. The van der Waals surface area contributed by atoms with E-state index in [0.717, 1.165) is 3.57 Å². The summed E-state index contributed by atoms with van der Waals surface area (Å²) in [6, 6.07) is 5.48. The number of rotatable bonds is 3. The molecule has 1 rings (SSSR count). The molecule has 0 aliphatic heterocycles. The zero-order valence-electron chi connectivity index (χ0n) is 9.50. The van der Waals surface area contributed by atoms with Gasteiger partial charge in [-0.15, -0.1) is 0 Å². The van der Waals surface area contributed by atoms with Gasteiger partial charge in [-0.25, -0.2) is 5.84 Å². The van der Waals surface area contributed by atoms with Crippen molar-refractivity contribution < 1.29 is 9.22 Å². The van der Waals surface area contributed by atoms with Crippen molar-refractivity contribution in [3.63, 3.8) is 0 Å². The van der Waals surface area contributed by atoms with Crippen LogP contribution in [-0.4, -0.2) is 14.2 Å². The summed E-state index contributed by atoms with van der Waals surface area (Å²) in [6.07, 6.45) is 0. The van der Waals surface area contributed by atoms with Gasteiger partial charge in [0.2, 0.25) is 8.32 Å². The summed E-state index contributed by atoms with van der Waals surface area (Å²) in [5, 5.41) is 0. The predicted octanol–water partition coefficient (Wildman–Crippen LogP) is 2.11. The van der Waals surface area contributed by atoms with Crippen LogP contribution in [0.4, 0.5) is 0 Å². The smallest absolute Gasteiger partial charge is 0.268 e. The van der Waals surface area contributed by atoms with E-state index in [1.165, 1.54) is 0 Å². The van der Waals surface area contributed by atoms with Gasteiger partial charge in [-0.3, -0.25) is 10.2 Å². The first-order valence-corrected chi connectivity index (χ1v) is 9.32. The molecule has 3 N–H and O–H groups in total. The number of carbonyl (C=O) groups excluding carboxylic acids is 1. The molecule has 0 radical (unpaired) electrons. The van der Waals surface area contributed by atoms with Crippen LogP contribution in [0.5, 0.6) is 5.75 Å². The molecular formula is C10H15IN2O2Si. The van der Waals surface area contributed by atoms with Crippen LogP contribution in [0.2, 0.25) is 19.6 Å². The van der Waals surface area contributed by atoms with E-state index in [1.807, 2.05) is 12.1 Å². The molecule has 0 bridgehead atoms. The first-order chi connectivity index (χ1) is 7.33. The standard InChI is InChI=1S/C10H15IN2O2Si/c1-16(2,3)15-9-5-4-7(11)6-8(9)10(14)13-12/h4-6H,12H2,1-3H3,(H,13,14). The highest BCUT2D eigenvalue weighted by atomic mass is 127. The maximum Gasteiger partial charge on any atom is 0.268 e. The van der Waals surface area contributed by atoms with Crippen LogP contribution in [0.25, 0.3) is 0 Å². The van der Waals surface area contributed by atoms with Crippen molar-refractivity contribution in [3.05, 3.63) is 27.3 Å². The average Bonchev–Trinajstić information content (AvgIpc) is 2.17. The molecule has 0 saturated carbocycles. The summed E-state index contributed by atoms with van der Waals surface area (Å²) in [6.45, 7) is 6.19. The molecule has 0 unspecified atom stereocenters. The molecule has 0 saturated heterocycles. The largest absolute Gasteiger partial charge is 0.544 e. The predicted molar refractivity (Wildman–Crippen MR) is 74.8 cm³/mol. The number of nitrogen functional groups attached to an aromatic ring is 1. The zero-order chi connectivity index (χ0) is 12.3. The van der Waals surface area contributed by atoms with E-state index >= 15 is 0 Å². The number of halogens is 1. The molecule has 1 aromatic rings. The first-order valence-electron chi connectivity index (χ1n) is 4.83.